The van der Waals surface area contributed by atoms with Crippen molar-refractivity contribution in [1.29, 1.82) is 0 Å². The van der Waals surface area contributed by atoms with E-state index in [1.165, 1.54) is 0 Å². The second kappa shape index (κ2) is 3.34. The molecule has 0 atom stereocenters. The fourth-order valence-electron chi connectivity index (χ4n) is 1.31. The molecular weight excluding hydrogens is 228 g/mol. The van der Waals surface area contributed by atoms with Gasteiger partial charge in [-0.2, -0.15) is 0 Å². The van der Waals surface area contributed by atoms with E-state index in [0.717, 1.165) is 21.1 Å². The number of pyridine rings is 1. The molecule has 0 fully saturated rings. The summed E-state index contributed by atoms with van der Waals surface area (Å²) in [7, 11) is 1.91. The molecule has 0 aliphatic carbocycles. The van der Waals surface area contributed by atoms with E-state index in [1.807, 2.05) is 31.3 Å². The SMILES string of the molecule is CNc1ccc2ncccc2c1Br. The third kappa shape index (κ3) is 1.40. The molecule has 0 saturated heterocycles. The van der Waals surface area contributed by atoms with Gasteiger partial charge in [0, 0.05) is 24.3 Å². The van der Waals surface area contributed by atoms with Gasteiger partial charge in [-0.25, -0.2) is 0 Å². The minimum absolute atomic E-state index is 1.01. The first-order valence-electron chi connectivity index (χ1n) is 4.04. The molecular formula is C10H9BrN2. The van der Waals surface area contributed by atoms with Crippen molar-refractivity contribution in [3.05, 3.63) is 34.9 Å². The van der Waals surface area contributed by atoms with E-state index < -0.39 is 0 Å². The van der Waals surface area contributed by atoms with Crippen LogP contribution in [0.4, 0.5) is 5.69 Å². The van der Waals surface area contributed by atoms with Crippen LogP contribution in [0.5, 0.6) is 0 Å². The molecule has 0 spiro atoms. The number of hydrogen-bond acceptors (Lipinski definition) is 2. The van der Waals surface area contributed by atoms with Crippen LogP contribution in [0.1, 0.15) is 0 Å². The van der Waals surface area contributed by atoms with Crippen LogP contribution >= 0.6 is 15.9 Å². The number of nitrogens with one attached hydrogen (secondary N) is 1. The molecule has 1 aromatic carbocycles. The lowest BCUT2D eigenvalue weighted by Gasteiger charge is -2.05. The normalized spacial score (nSPS) is 10.3. The lowest BCUT2D eigenvalue weighted by atomic mass is 10.2. The average Bonchev–Trinajstić information content (AvgIpc) is 2.19. The fraction of sp³-hybridized carbons (Fsp3) is 0.100. The Morgan fingerprint density at radius 1 is 1.31 bits per heavy atom. The Bertz CT molecular complexity index is 440. The van der Waals surface area contributed by atoms with Crippen molar-refractivity contribution >= 4 is 32.5 Å². The van der Waals surface area contributed by atoms with Crippen molar-refractivity contribution < 1.29 is 0 Å². The van der Waals surface area contributed by atoms with Gasteiger partial charge in [0.25, 0.3) is 0 Å². The van der Waals surface area contributed by atoms with Gasteiger partial charge in [0.05, 0.1) is 9.99 Å². The molecule has 66 valence electrons. The maximum absolute atomic E-state index is 4.26. The molecule has 0 unspecified atom stereocenters. The van der Waals surface area contributed by atoms with Gasteiger partial charge in [-0.05, 0) is 34.1 Å². The zero-order valence-corrected chi connectivity index (χ0v) is 8.80. The molecule has 2 nitrogen and oxygen atoms in total. The summed E-state index contributed by atoms with van der Waals surface area (Å²) in [5.74, 6) is 0. The number of benzene rings is 1. The Morgan fingerprint density at radius 3 is 2.92 bits per heavy atom. The highest BCUT2D eigenvalue weighted by Gasteiger charge is 2.02. The fourth-order valence-corrected chi connectivity index (χ4v) is 1.98. The predicted molar refractivity (Wildman–Crippen MR) is 59.0 cm³/mol. The summed E-state index contributed by atoms with van der Waals surface area (Å²) in [4.78, 5) is 4.26. The molecule has 2 aromatic rings. The number of halogens is 1. The Morgan fingerprint density at radius 2 is 2.15 bits per heavy atom. The Kier molecular flexibility index (Phi) is 2.19. The number of fused-ring (bicyclic) bond motifs is 1. The standard InChI is InChI=1S/C10H9BrN2/c1-12-9-5-4-8-7(10(9)11)3-2-6-13-8/h2-6,12H,1H3. The summed E-state index contributed by atoms with van der Waals surface area (Å²) in [5.41, 5.74) is 2.09. The minimum atomic E-state index is 1.01. The van der Waals surface area contributed by atoms with Crippen LogP contribution in [0.3, 0.4) is 0 Å². The predicted octanol–water partition coefficient (Wildman–Crippen LogP) is 3.04. The smallest absolute Gasteiger partial charge is 0.0714 e. The van der Waals surface area contributed by atoms with Gasteiger partial charge in [0.2, 0.25) is 0 Å². The summed E-state index contributed by atoms with van der Waals surface area (Å²) in [6, 6.07) is 8.01. The number of anilines is 1. The zero-order chi connectivity index (χ0) is 9.26. The van der Waals surface area contributed by atoms with E-state index in [2.05, 4.69) is 26.2 Å². The zero-order valence-electron chi connectivity index (χ0n) is 7.21. The largest absolute Gasteiger partial charge is 0.387 e. The third-order valence-corrected chi connectivity index (χ3v) is 2.84. The van der Waals surface area contributed by atoms with E-state index in [9.17, 15) is 0 Å². The van der Waals surface area contributed by atoms with Crippen LogP contribution in [0.25, 0.3) is 10.9 Å². The first-order chi connectivity index (χ1) is 6.33. The van der Waals surface area contributed by atoms with Gasteiger partial charge in [-0.15, -0.1) is 0 Å². The van der Waals surface area contributed by atoms with Crippen molar-refractivity contribution in [2.24, 2.45) is 0 Å². The van der Waals surface area contributed by atoms with Gasteiger partial charge < -0.3 is 5.32 Å². The Labute approximate surface area is 85.1 Å². The second-order valence-corrected chi connectivity index (χ2v) is 3.54. The summed E-state index contributed by atoms with van der Waals surface area (Å²) in [6.45, 7) is 0. The average molecular weight is 237 g/mol. The molecule has 1 aromatic heterocycles. The summed E-state index contributed by atoms with van der Waals surface area (Å²) in [6.07, 6.45) is 1.80. The highest BCUT2D eigenvalue weighted by atomic mass is 79.9. The monoisotopic (exact) mass is 236 g/mol. The van der Waals surface area contributed by atoms with E-state index in [-0.39, 0.29) is 0 Å². The van der Waals surface area contributed by atoms with Crippen LogP contribution in [0.2, 0.25) is 0 Å². The molecule has 0 amide bonds. The molecule has 0 radical (unpaired) electrons. The molecule has 0 aliphatic rings. The molecule has 3 heteroatoms. The van der Waals surface area contributed by atoms with Crippen molar-refractivity contribution in [3.8, 4) is 0 Å². The van der Waals surface area contributed by atoms with Crippen LogP contribution in [0, 0.1) is 0 Å². The van der Waals surface area contributed by atoms with E-state index in [1.54, 1.807) is 6.20 Å². The molecule has 1 N–H and O–H groups in total. The molecule has 2 rings (SSSR count). The Balaban J connectivity index is 2.79. The maximum atomic E-state index is 4.26. The quantitative estimate of drug-likeness (QED) is 0.824. The number of nitrogens with zero attached hydrogens (tertiary/aromatic N) is 1. The lowest BCUT2D eigenvalue weighted by molar-refractivity contribution is 1.40. The number of hydrogen-bond donors (Lipinski definition) is 1. The molecule has 0 bridgehead atoms. The van der Waals surface area contributed by atoms with Gasteiger partial charge in [0.1, 0.15) is 0 Å². The van der Waals surface area contributed by atoms with E-state index in [4.69, 9.17) is 0 Å². The summed E-state index contributed by atoms with van der Waals surface area (Å²) < 4.78 is 1.07. The topological polar surface area (TPSA) is 24.9 Å². The van der Waals surface area contributed by atoms with Crippen LogP contribution in [0.15, 0.2) is 34.9 Å². The van der Waals surface area contributed by atoms with Crippen LogP contribution in [-0.2, 0) is 0 Å². The third-order valence-electron chi connectivity index (χ3n) is 1.99. The van der Waals surface area contributed by atoms with E-state index in [0.29, 0.717) is 0 Å². The first-order valence-corrected chi connectivity index (χ1v) is 4.83. The van der Waals surface area contributed by atoms with Gasteiger partial charge in [0.15, 0.2) is 0 Å². The second-order valence-electron chi connectivity index (χ2n) is 2.75. The van der Waals surface area contributed by atoms with Crippen molar-refractivity contribution in [3.63, 3.8) is 0 Å². The van der Waals surface area contributed by atoms with Crippen molar-refractivity contribution in [2.45, 2.75) is 0 Å². The van der Waals surface area contributed by atoms with Crippen molar-refractivity contribution in [1.82, 2.24) is 4.98 Å². The highest BCUT2D eigenvalue weighted by molar-refractivity contribution is 9.10. The van der Waals surface area contributed by atoms with Gasteiger partial charge in [-0.3, -0.25) is 4.98 Å². The molecule has 0 saturated carbocycles. The molecule has 0 aliphatic heterocycles. The summed E-state index contributed by atoms with van der Waals surface area (Å²) >= 11 is 3.54. The van der Waals surface area contributed by atoms with E-state index >= 15 is 0 Å². The molecule has 1 heterocycles. The Hall–Kier alpha value is -1.09. The number of rotatable bonds is 1. The maximum Gasteiger partial charge on any atom is 0.0714 e. The highest BCUT2D eigenvalue weighted by Crippen LogP contribution is 2.29. The lowest BCUT2D eigenvalue weighted by Crippen LogP contribution is -1.90. The first kappa shape index (κ1) is 8.51. The number of aromatic nitrogens is 1. The van der Waals surface area contributed by atoms with Gasteiger partial charge >= 0.3 is 0 Å². The minimum Gasteiger partial charge on any atom is -0.387 e. The van der Waals surface area contributed by atoms with Crippen LogP contribution in [-0.4, -0.2) is 12.0 Å². The molecule has 13 heavy (non-hydrogen) atoms. The van der Waals surface area contributed by atoms with Gasteiger partial charge in [-0.1, -0.05) is 6.07 Å². The van der Waals surface area contributed by atoms with Crippen molar-refractivity contribution in [2.75, 3.05) is 12.4 Å². The van der Waals surface area contributed by atoms with Crippen LogP contribution < -0.4 is 5.32 Å². The summed E-state index contributed by atoms with van der Waals surface area (Å²) in [5, 5.41) is 4.25.